The van der Waals surface area contributed by atoms with Crippen molar-refractivity contribution in [3.8, 4) is 0 Å². The van der Waals surface area contributed by atoms with E-state index in [1.165, 1.54) is 23.9 Å². The number of benzene rings is 1. The number of nitrogens with one attached hydrogen (secondary N) is 1. The van der Waals surface area contributed by atoms with Gasteiger partial charge >= 0.3 is 5.97 Å². The standard InChI is InChI=1S/C12H12N4O2S/c1-19-12-15-9(13)6-10(16-12)14-8-4-2-7(3-5-8)11(17)18/h2-6H,1H3,(H,17,18)(H3,13,14,15,16). The Bertz CT molecular complexity index is 601. The van der Waals surface area contributed by atoms with Crippen LogP contribution in [-0.4, -0.2) is 27.3 Å². The molecule has 0 unspecified atom stereocenters. The fourth-order valence-electron chi connectivity index (χ4n) is 1.44. The molecule has 0 aliphatic carbocycles. The average molecular weight is 276 g/mol. The van der Waals surface area contributed by atoms with E-state index in [-0.39, 0.29) is 5.56 Å². The third-order valence-corrected chi connectivity index (χ3v) is 2.86. The number of nitrogens with zero attached hydrogens (tertiary/aromatic N) is 2. The zero-order valence-corrected chi connectivity index (χ0v) is 10.9. The van der Waals surface area contributed by atoms with Crippen LogP contribution in [0, 0.1) is 0 Å². The summed E-state index contributed by atoms with van der Waals surface area (Å²) in [6.45, 7) is 0. The van der Waals surface area contributed by atoms with E-state index in [9.17, 15) is 4.79 Å². The van der Waals surface area contributed by atoms with Crippen molar-refractivity contribution in [3.63, 3.8) is 0 Å². The van der Waals surface area contributed by atoms with Crippen molar-refractivity contribution >= 4 is 35.1 Å². The van der Waals surface area contributed by atoms with Crippen LogP contribution in [0.3, 0.4) is 0 Å². The number of hydrogen-bond acceptors (Lipinski definition) is 6. The highest BCUT2D eigenvalue weighted by molar-refractivity contribution is 7.98. The molecule has 98 valence electrons. The molecule has 0 aliphatic rings. The Morgan fingerprint density at radius 2 is 2.00 bits per heavy atom. The number of rotatable bonds is 4. The number of carboxylic acid groups (broad SMARTS) is 1. The zero-order chi connectivity index (χ0) is 13.8. The van der Waals surface area contributed by atoms with Gasteiger partial charge in [0.2, 0.25) is 0 Å². The average Bonchev–Trinajstić information content (AvgIpc) is 2.38. The normalized spacial score (nSPS) is 10.2. The Morgan fingerprint density at radius 1 is 1.32 bits per heavy atom. The van der Waals surface area contributed by atoms with Crippen LogP contribution < -0.4 is 11.1 Å². The first kappa shape index (κ1) is 13.2. The second-order valence-corrected chi connectivity index (χ2v) is 4.45. The van der Waals surface area contributed by atoms with E-state index >= 15 is 0 Å². The molecule has 1 aromatic carbocycles. The van der Waals surface area contributed by atoms with Crippen LogP contribution in [0.5, 0.6) is 0 Å². The van der Waals surface area contributed by atoms with Gasteiger partial charge in [0.15, 0.2) is 5.16 Å². The molecule has 0 fully saturated rings. The predicted molar refractivity (Wildman–Crippen MR) is 74.9 cm³/mol. The second kappa shape index (κ2) is 5.57. The second-order valence-electron chi connectivity index (χ2n) is 3.67. The molecule has 0 spiro atoms. The van der Waals surface area contributed by atoms with Crippen molar-refractivity contribution in [1.82, 2.24) is 9.97 Å². The summed E-state index contributed by atoms with van der Waals surface area (Å²) in [6, 6.07) is 7.99. The molecule has 7 heteroatoms. The molecule has 1 heterocycles. The van der Waals surface area contributed by atoms with Crippen LogP contribution in [0.15, 0.2) is 35.5 Å². The van der Waals surface area contributed by atoms with Crippen molar-refractivity contribution < 1.29 is 9.90 Å². The van der Waals surface area contributed by atoms with Gasteiger partial charge in [0.1, 0.15) is 11.6 Å². The Hall–Kier alpha value is -2.28. The summed E-state index contributed by atoms with van der Waals surface area (Å²) in [5, 5.41) is 12.4. The van der Waals surface area contributed by atoms with E-state index in [0.717, 1.165) is 5.69 Å². The maximum Gasteiger partial charge on any atom is 0.335 e. The van der Waals surface area contributed by atoms with Gasteiger partial charge < -0.3 is 16.2 Å². The SMILES string of the molecule is CSc1nc(N)cc(Nc2ccc(C(=O)O)cc2)n1. The molecule has 19 heavy (non-hydrogen) atoms. The molecule has 0 atom stereocenters. The Morgan fingerprint density at radius 3 is 2.58 bits per heavy atom. The first-order valence-electron chi connectivity index (χ1n) is 5.37. The van der Waals surface area contributed by atoms with Gasteiger partial charge in [-0.3, -0.25) is 0 Å². The number of hydrogen-bond donors (Lipinski definition) is 3. The minimum atomic E-state index is -0.956. The predicted octanol–water partition coefficient (Wildman–Crippen LogP) is 2.22. The lowest BCUT2D eigenvalue weighted by atomic mass is 10.2. The minimum Gasteiger partial charge on any atom is -0.478 e. The van der Waals surface area contributed by atoms with Gasteiger partial charge in [-0.25, -0.2) is 14.8 Å². The molecule has 2 rings (SSSR count). The highest BCUT2D eigenvalue weighted by atomic mass is 32.2. The summed E-state index contributed by atoms with van der Waals surface area (Å²) in [5.74, 6) is -0.00793. The Kier molecular flexibility index (Phi) is 3.86. The van der Waals surface area contributed by atoms with Crippen LogP contribution in [0.1, 0.15) is 10.4 Å². The highest BCUT2D eigenvalue weighted by Crippen LogP contribution is 2.19. The molecule has 0 saturated heterocycles. The van der Waals surface area contributed by atoms with E-state index < -0.39 is 5.97 Å². The van der Waals surface area contributed by atoms with Crippen molar-refractivity contribution in [2.24, 2.45) is 0 Å². The van der Waals surface area contributed by atoms with Gasteiger partial charge in [-0.05, 0) is 30.5 Å². The van der Waals surface area contributed by atoms with Crippen LogP contribution in [0.25, 0.3) is 0 Å². The fourth-order valence-corrected chi connectivity index (χ4v) is 1.83. The number of aromatic nitrogens is 2. The van der Waals surface area contributed by atoms with Crippen molar-refractivity contribution in [2.75, 3.05) is 17.3 Å². The summed E-state index contributed by atoms with van der Waals surface area (Å²) in [4.78, 5) is 19.0. The number of aromatic carboxylic acids is 1. The summed E-state index contributed by atoms with van der Waals surface area (Å²) in [5.41, 5.74) is 6.64. The van der Waals surface area contributed by atoms with Gasteiger partial charge in [0, 0.05) is 11.8 Å². The maximum atomic E-state index is 10.7. The number of carboxylic acids is 1. The van der Waals surface area contributed by atoms with Crippen LogP contribution >= 0.6 is 11.8 Å². The maximum absolute atomic E-state index is 10.7. The van der Waals surface area contributed by atoms with E-state index in [1.807, 2.05) is 6.26 Å². The lowest BCUT2D eigenvalue weighted by Crippen LogP contribution is -2.01. The quantitative estimate of drug-likeness (QED) is 0.581. The summed E-state index contributed by atoms with van der Waals surface area (Å²) >= 11 is 1.39. The lowest BCUT2D eigenvalue weighted by Gasteiger charge is -2.07. The Balaban J connectivity index is 2.21. The van der Waals surface area contributed by atoms with Gasteiger partial charge in [0.05, 0.1) is 5.56 Å². The molecular formula is C12H12N4O2S. The molecule has 1 aromatic heterocycles. The number of carbonyl (C=O) groups is 1. The van der Waals surface area contributed by atoms with Crippen LogP contribution in [0.4, 0.5) is 17.3 Å². The van der Waals surface area contributed by atoms with Crippen molar-refractivity contribution in [3.05, 3.63) is 35.9 Å². The van der Waals surface area contributed by atoms with Crippen molar-refractivity contribution in [2.45, 2.75) is 5.16 Å². The summed E-state index contributed by atoms with van der Waals surface area (Å²) in [7, 11) is 0. The number of thioether (sulfide) groups is 1. The first-order valence-corrected chi connectivity index (χ1v) is 6.60. The third-order valence-electron chi connectivity index (χ3n) is 2.31. The van der Waals surface area contributed by atoms with E-state index in [2.05, 4.69) is 15.3 Å². The number of anilines is 3. The Labute approximate surface area is 114 Å². The molecule has 0 radical (unpaired) electrons. The molecule has 0 bridgehead atoms. The van der Waals surface area contributed by atoms with Gasteiger partial charge in [-0.1, -0.05) is 11.8 Å². The smallest absolute Gasteiger partial charge is 0.335 e. The van der Waals surface area contributed by atoms with Gasteiger partial charge in [-0.15, -0.1) is 0 Å². The van der Waals surface area contributed by atoms with Gasteiger partial charge in [-0.2, -0.15) is 0 Å². The van der Waals surface area contributed by atoms with E-state index in [1.54, 1.807) is 18.2 Å². The largest absolute Gasteiger partial charge is 0.478 e. The monoisotopic (exact) mass is 276 g/mol. The lowest BCUT2D eigenvalue weighted by molar-refractivity contribution is 0.0697. The first-order chi connectivity index (χ1) is 9.08. The van der Waals surface area contributed by atoms with E-state index in [0.29, 0.717) is 16.8 Å². The van der Waals surface area contributed by atoms with Crippen molar-refractivity contribution in [1.29, 1.82) is 0 Å². The number of nitrogen functional groups attached to an aromatic ring is 1. The zero-order valence-electron chi connectivity index (χ0n) is 10.1. The third kappa shape index (κ3) is 3.35. The van der Waals surface area contributed by atoms with Gasteiger partial charge in [0.25, 0.3) is 0 Å². The molecule has 0 amide bonds. The fraction of sp³-hybridized carbons (Fsp3) is 0.0833. The molecule has 0 saturated carbocycles. The van der Waals surface area contributed by atoms with Crippen LogP contribution in [0.2, 0.25) is 0 Å². The molecule has 2 aromatic rings. The number of nitrogens with two attached hydrogens (primary N) is 1. The minimum absolute atomic E-state index is 0.234. The van der Waals surface area contributed by atoms with E-state index in [4.69, 9.17) is 10.8 Å². The summed E-state index contributed by atoms with van der Waals surface area (Å²) in [6.07, 6.45) is 1.86. The summed E-state index contributed by atoms with van der Waals surface area (Å²) < 4.78 is 0. The molecule has 0 aliphatic heterocycles. The molecular weight excluding hydrogens is 264 g/mol. The molecule has 4 N–H and O–H groups in total. The van der Waals surface area contributed by atoms with Crippen LogP contribution in [-0.2, 0) is 0 Å². The highest BCUT2D eigenvalue weighted by Gasteiger charge is 2.04. The molecule has 6 nitrogen and oxygen atoms in total. The topological polar surface area (TPSA) is 101 Å².